The summed E-state index contributed by atoms with van der Waals surface area (Å²) in [5.41, 5.74) is 2.01. The normalized spacial score (nSPS) is 10.5. The minimum Gasteiger partial charge on any atom is -0.495 e. The summed E-state index contributed by atoms with van der Waals surface area (Å²) in [6.07, 6.45) is 2.91. The topological polar surface area (TPSA) is 114 Å². The number of ether oxygens (including phenoxy) is 1. The molecule has 2 N–H and O–H groups in total. The van der Waals surface area contributed by atoms with Gasteiger partial charge in [-0.3, -0.25) is 14.4 Å². The molecule has 0 unspecified atom stereocenters. The smallest absolute Gasteiger partial charge is 0.291 e. The highest BCUT2D eigenvalue weighted by atomic mass is 16.5. The number of aryl methyl sites for hydroxylation is 1. The van der Waals surface area contributed by atoms with Gasteiger partial charge in [-0.05, 0) is 61.0 Å². The molecule has 0 saturated carbocycles. The Hall–Kier alpha value is -4.79. The second-order valence-electron chi connectivity index (χ2n) is 7.95. The molecule has 9 heteroatoms. The Bertz CT molecular complexity index is 1350. The highest BCUT2D eigenvalue weighted by Crippen LogP contribution is 2.24. The van der Waals surface area contributed by atoms with Gasteiger partial charge in [0.25, 0.3) is 11.8 Å². The number of carbonyl (C=O) groups is 3. The first-order valence-corrected chi connectivity index (χ1v) is 11.1. The fraction of sp³-hybridized carbons (Fsp3) is 0.148. The van der Waals surface area contributed by atoms with E-state index in [4.69, 9.17) is 13.6 Å². The highest BCUT2D eigenvalue weighted by Gasteiger charge is 2.22. The highest BCUT2D eigenvalue weighted by molar-refractivity contribution is 6.04. The summed E-state index contributed by atoms with van der Waals surface area (Å²) >= 11 is 0. The van der Waals surface area contributed by atoms with Gasteiger partial charge in [0.05, 0.1) is 31.9 Å². The third-order valence-electron chi connectivity index (χ3n) is 5.41. The maximum atomic E-state index is 13.5. The van der Waals surface area contributed by atoms with Crippen molar-refractivity contribution in [1.82, 2.24) is 4.90 Å². The van der Waals surface area contributed by atoms with Crippen LogP contribution >= 0.6 is 0 Å². The van der Waals surface area contributed by atoms with Crippen LogP contribution in [0.3, 0.4) is 0 Å². The number of rotatable bonds is 9. The maximum Gasteiger partial charge on any atom is 0.291 e. The van der Waals surface area contributed by atoms with Crippen molar-refractivity contribution >= 4 is 29.1 Å². The zero-order valence-corrected chi connectivity index (χ0v) is 19.8. The second-order valence-corrected chi connectivity index (χ2v) is 7.95. The van der Waals surface area contributed by atoms with Gasteiger partial charge < -0.3 is 29.1 Å². The predicted molar refractivity (Wildman–Crippen MR) is 133 cm³/mol. The average Bonchev–Trinajstić information content (AvgIpc) is 3.59. The molecule has 3 amide bonds. The molecular formula is C27H25N3O6. The van der Waals surface area contributed by atoms with Crippen molar-refractivity contribution in [3.63, 3.8) is 0 Å². The molecule has 4 aromatic rings. The molecule has 0 aliphatic carbocycles. The molecule has 184 valence electrons. The molecule has 0 bridgehead atoms. The van der Waals surface area contributed by atoms with Crippen molar-refractivity contribution in [3.05, 3.63) is 102 Å². The second kappa shape index (κ2) is 11.1. The molecule has 2 heterocycles. The molecule has 0 saturated heterocycles. The number of hydrogen-bond acceptors (Lipinski definition) is 6. The molecule has 0 spiro atoms. The molecular weight excluding hydrogens is 462 g/mol. The van der Waals surface area contributed by atoms with E-state index >= 15 is 0 Å². The summed E-state index contributed by atoms with van der Waals surface area (Å²) in [4.78, 5) is 40.2. The van der Waals surface area contributed by atoms with Gasteiger partial charge in [0.15, 0.2) is 5.76 Å². The van der Waals surface area contributed by atoms with Crippen LogP contribution in [0, 0.1) is 6.92 Å². The van der Waals surface area contributed by atoms with Crippen molar-refractivity contribution in [2.75, 3.05) is 24.3 Å². The lowest BCUT2D eigenvalue weighted by atomic mass is 10.1. The van der Waals surface area contributed by atoms with Crippen LogP contribution in [0.2, 0.25) is 0 Å². The van der Waals surface area contributed by atoms with Crippen LogP contribution in [-0.2, 0) is 11.3 Å². The Morgan fingerprint density at radius 3 is 2.39 bits per heavy atom. The molecule has 4 rings (SSSR count). The first-order valence-electron chi connectivity index (χ1n) is 11.1. The summed E-state index contributed by atoms with van der Waals surface area (Å²) in [6.45, 7) is 1.65. The maximum absolute atomic E-state index is 13.5. The van der Waals surface area contributed by atoms with Gasteiger partial charge in [0.1, 0.15) is 18.1 Å². The Balaban J connectivity index is 1.55. The summed E-state index contributed by atoms with van der Waals surface area (Å²) in [7, 11) is 1.51. The Morgan fingerprint density at radius 2 is 1.67 bits per heavy atom. The van der Waals surface area contributed by atoms with Crippen LogP contribution in [0.15, 0.2) is 88.1 Å². The summed E-state index contributed by atoms with van der Waals surface area (Å²) in [5, 5.41) is 5.55. The van der Waals surface area contributed by atoms with Gasteiger partial charge in [0.2, 0.25) is 5.91 Å². The molecule has 2 aromatic carbocycles. The van der Waals surface area contributed by atoms with Crippen molar-refractivity contribution in [2.24, 2.45) is 0 Å². The standard InChI is InChI=1S/C27H25N3O6/c1-18-11-12-19(15-22(18)29-26(32)24-10-6-14-36-24)27(33)30(16-20-7-5-13-35-20)17-25(31)28-21-8-3-4-9-23(21)34-2/h3-15H,16-17H2,1-2H3,(H,28,31)(H,29,32). The summed E-state index contributed by atoms with van der Waals surface area (Å²) in [5.74, 6) is -0.0695. The third-order valence-corrected chi connectivity index (χ3v) is 5.41. The number of benzene rings is 2. The number of carbonyl (C=O) groups excluding carboxylic acids is 3. The van der Waals surface area contributed by atoms with Crippen LogP contribution in [0.5, 0.6) is 5.75 Å². The summed E-state index contributed by atoms with van der Waals surface area (Å²) in [6, 6.07) is 18.6. The number of para-hydroxylation sites is 2. The molecule has 36 heavy (non-hydrogen) atoms. The van der Waals surface area contributed by atoms with Crippen molar-refractivity contribution in [3.8, 4) is 5.75 Å². The molecule has 0 aliphatic rings. The van der Waals surface area contributed by atoms with E-state index in [1.165, 1.54) is 24.5 Å². The Morgan fingerprint density at radius 1 is 0.889 bits per heavy atom. The first-order chi connectivity index (χ1) is 17.4. The van der Waals surface area contributed by atoms with Crippen molar-refractivity contribution < 1.29 is 28.0 Å². The van der Waals surface area contributed by atoms with Gasteiger partial charge in [-0.15, -0.1) is 0 Å². The van der Waals surface area contributed by atoms with E-state index in [0.29, 0.717) is 28.4 Å². The number of anilines is 2. The van der Waals surface area contributed by atoms with Crippen LogP contribution in [-0.4, -0.2) is 36.3 Å². The number of furan rings is 2. The van der Waals surface area contributed by atoms with Crippen molar-refractivity contribution in [1.29, 1.82) is 0 Å². The number of hydrogen-bond donors (Lipinski definition) is 2. The van der Waals surface area contributed by atoms with E-state index in [1.54, 1.807) is 66.7 Å². The average molecular weight is 488 g/mol. The Kier molecular flexibility index (Phi) is 7.50. The van der Waals surface area contributed by atoms with Gasteiger partial charge in [-0.1, -0.05) is 18.2 Å². The largest absolute Gasteiger partial charge is 0.495 e. The van der Waals surface area contributed by atoms with Gasteiger partial charge in [-0.2, -0.15) is 0 Å². The van der Waals surface area contributed by atoms with Crippen LogP contribution in [0.25, 0.3) is 0 Å². The van der Waals surface area contributed by atoms with E-state index in [9.17, 15) is 14.4 Å². The Labute approximate surface area is 207 Å². The summed E-state index contributed by atoms with van der Waals surface area (Å²) < 4.78 is 15.8. The minimum atomic E-state index is -0.434. The quantitative estimate of drug-likeness (QED) is 0.353. The van der Waals surface area contributed by atoms with Gasteiger partial charge in [-0.25, -0.2) is 0 Å². The molecule has 0 fully saturated rings. The molecule has 9 nitrogen and oxygen atoms in total. The van der Waals surface area contributed by atoms with E-state index in [0.717, 1.165) is 5.56 Å². The number of nitrogens with zero attached hydrogens (tertiary/aromatic N) is 1. The van der Waals surface area contributed by atoms with Crippen LogP contribution in [0.1, 0.15) is 32.2 Å². The molecule has 0 radical (unpaired) electrons. The number of amides is 3. The lowest BCUT2D eigenvalue weighted by molar-refractivity contribution is -0.117. The number of nitrogens with one attached hydrogen (secondary N) is 2. The predicted octanol–water partition coefficient (Wildman–Crippen LogP) is 4.72. The fourth-order valence-electron chi connectivity index (χ4n) is 3.57. The van der Waals surface area contributed by atoms with Gasteiger partial charge >= 0.3 is 0 Å². The molecule has 0 aliphatic heterocycles. The van der Waals surface area contributed by atoms with Crippen molar-refractivity contribution in [2.45, 2.75) is 13.5 Å². The molecule has 2 aromatic heterocycles. The monoisotopic (exact) mass is 487 g/mol. The van der Waals surface area contributed by atoms with E-state index < -0.39 is 17.7 Å². The minimum absolute atomic E-state index is 0.0765. The zero-order valence-electron chi connectivity index (χ0n) is 19.8. The van der Waals surface area contributed by atoms with E-state index in [1.807, 2.05) is 6.92 Å². The lowest BCUT2D eigenvalue weighted by Crippen LogP contribution is -2.37. The van der Waals surface area contributed by atoms with Crippen LogP contribution in [0.4, 0.5) is 11.4 Å². The lowest BCUT2D eigenvalue weighted by Gasteiger charge is -2.22. The van der Waals surface area contributed by atoms with E-state index in [2.05, 4.69) is 10.6 Å². The number of methoxy groups -OCH3 is 1. The third kappa shape index (κ3) is 5.82. The van der Waals surface area contributed by atoms with E-state index in [-0.39, 0.29) is 18.8 Å². The first kappa shape index (κ1) is 24.3. The zero-order chi connectivity index (χ0) is 25.5. The molecule has 0 atom stereocenters. The fourth-order valence-corrected chi connectivity index (χ4v) is 3.57. The van der Waals surface area contributed by atoms with Gasteiger partial charge in [0, 0.05) is 11.3 Å². The SMILES string of the molecule is COc1ccccc1NC(=O)CN(Cc1ccco1)C(=O)c1ccc(C)c(NC(=O)c2ccco2)c1. The van der Waals surface area contributed by atoms with Crippen LogP contribution < -0.4 is 15.4 Å².